The molecule has 4 heteroatoms. The van der Waals surface area contributed by atoms with Gasteiger partial charge in [0.05, 0.1) is 0 Å². The highest BCUT2D eigenvalue weighted by Gasteiger charge is 2.05. The molecule has 1 aromatic carbocycles. The minimum Gasteiger partial charge on any atom is -0.385 e. The van der Waals surface area contributed by atoms with Crippen LogP contribution in [0, 0.1) is 17.6 Å². The van der Waals surface area contributed by atoms with E-state index >= 15 is 0 Å². The van der Waals surface area contributed by atoms with Crippen LogP contribution in [-0.4, -0.2) is 13.1 Å². The van der Waals surface area contributed by atoms with Crippen molar-refractivity contribution in [2.75, 3.05) is 18.4 Å². The molecule has 0 saturated carbocycles. The van der Waals surface area contributed by atoms with Crippen LogP contribution >= 0.6 is 0 Å². The number of hydrogen-bond donors (Lipinski definition) is 2. The summed E-state index contributed by atoms with van der Waals surface area (Å²) < 4.78 is 25.4. The van der Waals surface area contributed by atoms with Gasteiger partial charge in [0.15, 0.2) is 11.6 Å². The lowest BCUT2D eigenvalue weighted by molar-refractivity contribution is 0.508. The maximum atomic E-state index is 12.8. The summed E-state index contributed by atoms with van der Waals surface area (Å²) in [6, 6.07) is 3.78. The number of rotatable bonds is 5. The quantitative estimate of drug-likeness (QED) is 0.789. The minimum absolute atomic E-state index is 0.359. The third-order valence-corrected chi connectivity index (χ3v) is 2.43. The summed E-state index contributed by atoms with van der Waals surface area (Å²) in [6.45, 7) is 3.32. The maximum absolute atomic E-state index is 12.8. The lowest BCUT2D eigenvalue weighted by Crippen LogP contribution is -2.22. The van der Waals surface area contributed by atoms with Crippen molar-refractivity contribution in [2.45, 2.75) is 13.3 Å². The second-order valence-electron chi connectivity index (χ2n) is 3.52. The number of anilines is 1. The molecule has 0 heterocycles. The number of hydrogen-bond acceptors (Lipinski definition) is 2. The van der Waals surface area contributed by atoms with E-state index in [9.17, 15) is 8.78 Å². The third kappa shape index (κ3) is 3.47. The van der Waals surface area contributed by atoms with Gasteiger partial charge in [0.25, 0.3) is 0 Å². The van der Waals surface area contributed by atoms with E-state index in [1.165, 1.54) is 6.07 Å². The molecule has 1 aromatic rings. The normalized spacial score (nSPS) is 12.5. The van der Waals surface area contributed by atoms with Gasteiger partial charge in [-0.2, -0.15) is 0 Å². The van der Waals surface area contributed by atoms with Crippen LogP contribution in [0.4, 0.5) is 14.5 Å². The van der Waals surface area contributed by atoms with E-state index in [0.717, 1.165) is 18.6 Å². The smallest absolute Gasteiger partial charge is 0.160 e. The van der Waals surface area contributed by atoms with E-state index in [1.807, 2.05) is 6.92 Å². The summed E-state index contributed by atoms with van der Waals surface area (Å²) in [5, 5.41) is 3.03. The fourth-order valence-electron chi connectivity index (χ4n) is 1.26. The molecule has 1 unspecified atom stereocenters. The van der Waals surface area contributed by atoms with Crippen LogP contribution in [-0.2, 0) is 0 Å². The van der Waals surface area contributed by atoms with Crippen molar-refractivity contribution in [1.82, 2.24) is 0 Å². The molecule has 0 fully saturated rings. The Balaban J connectivity index is 2.54. The van der Waals surface area contributed by atoms with Crippen molar-refractivity contribution in [3.8, 4) is 0 Å². The van der Waals surface area contributed by atoms with Gasteiger partial charge in [0.1, 0.15) is 0 Å². The van der Waals surface area contributed by atoms with Crippen LogP contribution in [0.15, 0.2) is 18.2 Å². The van der Waals surface area contributed by atoms with E-state index in [1.54, 1.807) is 0 Å². The van der Waals surface area contributed by atoms with Crippen LogP contribution in [0.3, 0.4) is 0 Å². The van der Waals surface area contributed by atoms with Gasteiger partial charge in [-0.05, 0) is 30.7 Å². The molecule has 0 aliphatic heterocycles. The molecule has 3 N–H and O–H groups in total. The van der Waals surface area contributed by atoms with Gasteiger partial charge in [-0.3, -0.25) is 0 Å². The molecule has 15 heavy (non-hydrogen) atoms. The van der Waals surface area contributed by atoms with Crippen LogP contribution < -0.4 is 11.1 Å². The summed E-state index contributed by atoms with van der Waals surface area (Å²) in [4.78, 5) is 0. The first-order valence-electron chi connectivity index (χ1n) is 5.06. The maximum Gasteiger partial charge on any atom is 0.160 e. The second-order valence-corrected chi connectivity index (χ2v) is 3.52. The molecule has 0 spiro atoms. The first-order valence-corrected chi connectivity index (χ1v) is 5.06. The van der Waals surface area contributed by atoms with Gasteiger partial charge in [0.2, 0.25) is 0 Å². The van der Waals surface area contributed by atoms with E-state index in [2.05, 4.69) is 5.32 Å². The Kier molecular flexibility index (Phi) is 4.49. The average Bonchev–Trinajstić information content (AvgIpc) is 2.24. The van der Waals surface area contributed by atoms with Crippen LogP contribution in [0.2, 0.25) is 0 Å². The third-order valence-electron chi connectivity index (χ3n) is 2.43. The topological polar surface area (TPSA) is 38.0 Å². The van der Waals surface area contributed by atoms with Gasteiger partial charge in [-0.1, -0.05) is 13.3 Å². The molecule has 0 bridgehead atoms. The highest BCUT2D eigenvalue weighted by molar-refractivity contribution is 5.43. The van der Waals surface area contributed by atoms with E-state index in [0.29, 0.717) is 24.7 Å². The number of benzene rings is 1. The van der Waals surface area contributed by atoms with Gasteiger partial charge >= 0.3 is 0 Å². The molecule has 0 amide bonds. The van der Waals surface area contributed by atoms with Gasteiger partial charge in [-0.15, -0.1) is 0 Å². The summed E-state index contributed by atoms with van der Waals surface area (Å²) in [5.41, 5.74) is 6.11. The predicted molar refractivity (Wildman–Crippen MR) is 57.7 cm³/mol. The predicted octanol–water partition coefficient (Wildman–Crippen LogP) is 2.36. The van der Waals surface area contributed by atoms with E-state index < -0.39 is 11.6 Å². The molecular formula is C11H16F2N2. The molecule has 0 radical (unpaired) electrons. The standard InChI is InChI=1S/C11H16F2N2/c1-2-8(6-14)7-15-9-3-4-10(12)11(13)5-9/h3-5,8,15H,2,6-7,14H2,1H3. The Morgan fingerprint density at radius 2 is 2.07 bits per heavy atom. The fourth-order valence-corrected chi connectivity index (χ4v) is 1.26. The van der Waals surface area contributed by atoms with Gasteiger partial charge in [0, 0.05) is 12.2 Å². The summed E-state index contributed by atoms with van der Waals surface area (Å²) in [5.74, 6) is -1.30. The number of halogens is 2. The minimum atomic E-state index is -0.833. The highest BCUT2D eigenvalue weighted by Crippen LogP contribution is 2.13. The lowest BCUT2D eigenvalue weighted by atomic mass is 10.1. The molecule has 0 aliphatic rings. The number of nitrogens with two attached hydrogens (primary N) is 1. The fraction of sp³-hybridized carbons (Fsp3) is 0.455. The Labute approximate surface area is 88.5 Å². The molecule has 1 atom stereocenters. The van der Waals surface area contributed by atoms with Crippen molar-refractivity contribution in [2.24, 2.45) is 11.7 Å². The van der Waals surface area contributed by atoms with Crippen LogP contribution in [0.1, 0.15) is 13.3 Å². The Bertz CT molecular complexity index is 311. The summed E-state index contributed by atoms with van der Waals surface area (Å²) in [6.07, 6.45) is 0.965. The van der Waals surface area contributed by atoms with Crippen molar-refractivity contribution in [3.05, 3.63) is 29.8 Å². The summed E-state index contributed by atoms with van der Waals surface area (Å²) >= 11 is 0. The van der Waals surface area contributed by atoms with Crippen molar-refractivity contribution in [1.29, 1.82) is 0 Å². The highest BCUT2D eigenvalue weighted by atomic mass is 19.2. The molecule has 84 valence electrons. The zero-order valence-electron chi connectivity index (χ0n) is 8.76. The monoisotopic (exact) mass is 214 g/mol. The number of nitrogens with one attached hydrogen (secondary N) is 1. The lowest BCUT2D eigenvalue weighted by Gasteiger charge is -2.14. The molecule has 0 saturated heterocycles. The van der Waals surface area contributed by atoms with E-state index in [4.69, 9.17) is 5.73 Å². The SMILES string of the molecule is CCC(CN)CNc1ccc(F)c(F)c1. The van der Waals surface area contributed by atoms with Crippen LogP contribution in [0.5, 0.6) is 0 Å². The van der Waals surface area contributed by atoms with Crippen molar-refractivity contribution in [3.63, 3.8) is 0 Å². The second kappa shape index (κ2) is 5.66. The molecular weight excluding hydrogens is 198 g/mol. The Morgan fingerprint density at radius 1 is 1.33 bits per heavy atom. The summed E-state index contributed by atoms with van der Waals surface area (Å²) in [7, 11) is 0. The zero-order chi connectivity index (χ0) is 11.3. The van der Waals surface area contributed by atoms with Crippen LogP contribution in [0.25, 0.3) is 0 Å². The Morgan fingerprint density at radius 3 is 2.60 bits per heavy atom. The zero-order valence-corrected chi connectivity index (χ0v) is 8.76. The van der Waals surface area contributed by atoms with Gasteiger partial charge < -0.3 is 11.1 Å². The van der Waals surface area contributed by atoms with Crippen molar-refractivity contribution < 1.29 is 8.78 Å². The molecule has 2 nitrogen and oxygen atoms in total. The largest absolute Gasteiger partial charge is 0.385 e. The van der Waals surface area contributed by atoms with Crippen molar-refractivity contribution >= 4 is 5.69 Å². The Hall–Kier alpha value is -1.16. The molecule has 0 aliphatic carbocycles. The molecule has 0 aromatic heterocycles. The van der Waals surface area contributed by atoms with E-state index in [-0.39, 0.29) is 0 Å². The van der Waals surface area contributed by atoms with Gasteiger partial charge in [-0.25, -0.2) is 8.78 Å². The first-order chi connectivity index (χ1) is 7.17. The average molecular weight is 214 g/mol. The first kappa shape index (κ1) is 11.9. The molecule has 1 rings (SSSR count).